The molecule has 0 aliphatic carbocycles. The van der Waals surface area contributed by atoms with Gasteiger partial charge >= 0.3 is 0 Å². The highest BCUT2D eigenvalue weighted by molar-refractivity contribution is 5.75. The average molecular weight is 382 g/mol. The zero-order chi connectivity index (χ0) is 19.5. The molecule has 1 aliphatic rings. The maximum absolute atomic E-state index is 13.3. The number of nitrogens with zero attached hydrogens (tertiary/aromatic N) is 5. The lowest BCUT2D eigenvalue weighted by molar-refractivity contribution is -0.127. The van der Waals surface area contributed by atoms with Gasteiger partial charge < -0.3 is 10.2 Å². The van der Waals surface area contributed by atoms with Crippen LogP contribution in [0.3, 0.4) is 0 Å². The summed E-state index contributed by atoms with van der Waals surface area (Å²) >= 11 is 0. The SMILES string of the molecule is CC(=O)N1CCC(c2nn(CCNCc3cccc(F)c3)c3nccnc23)C1. The molecule has 0 saturated carbocycles. The number of nitrogens with one attached hydrogen (secondary N) is 1. The van der Waals surface area contributed by atoms with Gasteiger partial charge in [0.2, 0.25) is 5.91 Å². The lowest BCUT2D eigenvalue weighted by Gasteiger charge is -2.12. The van der Waals surface area contributed by atoms with E-state index in [4.69, 9.17) is 5.10 Å². The van der Waals surface area contributed by atoms with Gasteiger partial charge in [-0.25, -0.2) is 19.0 Å². The van der Waals surface area contributed by atoms with Gasteiger partial charge in [-0.3, -0.25) is 4.79 Å². The van der Waals surface area contributed by atoms with Crippen molar-refractivity contribution in [2.75, 3.05) is 19.6 Å². The zero-order valence-electron chi connectivity index (χ0n) is 15.8. The summed E-state index contributed by atoms with van der Waals surface area (Å²) in [5.74, 6) is 0.0527. The Hall–Kier alpha value is -2.87. The van der Waals surface area contributed by atoms with Crippen LogP contribution in [0.15, 0.2) is 36.7 Å². The fraction of sp³-hybridized carbons (Fsp3) is 0.400. The van der Waals surface area contributed by atoms with Crippen molar-refractivity contribution in [2.24, 2.45) is 0 Å². The Morgan fingerprint density at radius 2 is 2.18 bits per heavy atom. The van der Waals surface area contributed by atoms with Gasteiger partial charge in [0.15, 0.2) is 5.65 Å². The van der Waals surface area contributed by atoms with E-state index >= 15 is 0 Å². The number of amides is 1. The van der Waals surface area contributed by atoms with Crippen LogP contribution < -0.4 is 5.32 Å². The summed E-state index contributed by atoms with van der Waals surface area (Å²) in [6.07, 6.45) is 4.23. The number of hydrogen-bond donors (Lipinski definition) is 1. The summed E-state index contributed by atoms with van der Waals surface area (Å²) in [6.45, 7) is 4.93. The molecule has 146 valence electrons. The van der Waals surface area contributed by atoms with E-state index in [0.29, 0.717) is 26.2 Å². The van der Waals surface area contributed by atoms with Crippen LogP contribution in [0, 0.1) is 5.82 Å². The first-order valence-electron chi connectivity index (χ1n) is 9.50. The van der Waals surface area contributed by atoms with Crippen molar-refractivity contribution >= 4 is 17.1 Å². The van der Waals surface area contributed by atoms with Crippen molar-refractivity contribution in [2.45, 2.75) is 32.4 Å². The number of rotatable bonds is 6. The Morgan fingerprint density at radius 3 is 2.96 bits per heavy atom. The average Bonchev–Trinajstić information content (AvgIpc) is 3.31. The van der Waals surface area contributed by atoms with Crippen LogP contribution in [0.1, 0.15) is 30.5 Å². The van der Waals surface area contributed by atoms with Crippen LogP contribution in [-0.2, 0) is 17.9 Å². The van der Waals surface area contributed by atoms with Crippen molar-refractivity contribution in [1.29, 1.82) is 0 Å². The molecule has 0 bridgehead atoms. The van der Waals surface area contributed by atoms with E-state index < -0.39 is 0 Å². The molecule has 0 radical (unpaired) electrons. The normalized spacial score (nSPS) is 16.8. The van der Waals surface area contributed by atoms with Gasteiger partial charge in [0, 0.05) is 51.4 Å². The molecule has 1 aliphatic heterocycles. The van der Waals surface area contributed by atoms with Gasteiger partial charge in [0.05, 0.1) is 12.2 Å². The van der Waals surface area contributed by atoms with Crippen LogP contribution in [0.25, 0.3) is 11.2 Å². The van der Waals surface area contributed by atoms with Gasteiger partial charge in [-0.1, -0.05) is 12.1 Å². The molecule has 2 aromatic heterocycles. The lowest BCUT2D eigenvalue weighted by Crippen LogP contribution is -2.25. The fourth-order valence-corrected chi connectivity index (χ4v) is 3.69. The number of carbonyl (C=O) groups is 1. The van der Waals surface area contributed by atoms with Crippen molar-refractivity contribution < 1.29 is 9.18 Å². The molecule has 1 saturated heterocycles. The Balaban J connectivity index is 1.45. The fourth-order valence-electron chi connectivity index (χ4n) is 3.69. The molecule has 0 spiro atoms. The van der Waals surface area contributed by atoms with Crippen molar-refractivity contribution in [3.05, 3.63) is 53.7 Å². The lowest BCUT2D eigenvalue weighted by atomic mass is 10.0. The summed E-state index contributed by atoms with van der Waals surface area (Å²) in [4.78, 5) is 22.4. The number of fused-ring (bicyclic) bond motifs is 1. The van der Waals surface area contributed by atoms with E-state index in [-0.39, 0.29) is 17.6 Å². The quantitative estimate of drug-likeness (QED) is 0.661. The first-order chi connectivity index (χ1) is 13.6. The van der Waals surface area contributed by atoms with Gasteiger partial charge in [-0.05, 0) is 24.1 Å². The van der Waals surface area contributed by atoms with Crippen LogP contribution >= 0.6 is 0 Å². The van der Waals surface area contributed by atoms with E-state index in [1.807, 2.05) is 15.6 Å². The Morgan fingerprint density at radius 1 is 1.32 bits per heavy atom. The molecule has 28 heavy (non-hydrogen) atoms. The molecular formula is C20H23FN6O. The number of carbonyl (C=O) groups excluding carboxylic acids is 1. The Labute approximate surface area is 162 Å². The molecule has 1 N–H and O–H groups in total. The van der Waals surface area contributed by atoms with Crippen LogP contribution in [0.5, 0.6) is 0 Å². The third kappa shape index (κ3) is 3.87. The molecule has 3 aromatic rings. The molecular weight excluding hydrogens is 359 g/mol. The second-order valence-electron chi connectivity index (χ2n) is 7.09. The summed E-state index contributed by atoms with van der Waals surface area (Å²) in [6, 6.07) is 6.57. The third-order valence-electron chi connectivity index (χ3n) is 5.13. The first kappa shape index (κ1) is 18.5. The van der Waals surface area contributed by atoms with E-state index in [1.165, 1.54) is 12.1 Å². The molecule has 1 atom stereocenters. The molecule has 1 unspecified atom stereocenters. The topological polar surface area (TPSA) is 75.9 Å². The zero-order valence-corrected chi connectivity index (χ0v) is 15.8. The van der Waals surface area contributed by atoms with Gasteiger partial charge in [-0.2, -0.15) is 5.10 Å². The van der Waals surface area contributed by atoms with E-state index in [0.717, 1.165) is 35.4 Å². The van der Waals surface area contributed by atoms with Crippen molar-refractivity contribution in [3.63, 3.8) is 0 Å². The first-order valence-corrected chi connectivity index (χ1v) is 9.50. The smallest absolute Gasteiger partial charge is 0.219 e. The van der Waals surface area contributed by atoms with E-state index in [1.54, 1.807) is 25.4 Å². The molecule has 8 heteroatoms. The highest BCUT2D eigenvalue weighted by atomic mass is 19.1. The number of hydrogen-bond acceptors (Lipinski definition) is 5. The Kier molecular flexibility index (Phi) is 5.29. The molecule has 4 rings (SSSR count). The molecule has 7 nitrogen and oxygen atoms in total. The van der Waals surface area contributed by atoms with Crippen LogP contribution in [-0.4, -0.2) is 50.2 Å². The summed E-state index contributed by atoms with van der Waals surface area (Å²) < 4.78 is 15.1. The van der Waals surface area contributed by atoms with Crippen LogP contribution in [0.4, 0.5) is 4.39 Å². The van der Waals surface area contributed by atoms with Crippen LogP contribution in [0.2, 0.25) is 0 Å². The largest absolute Gasteiger partial charge is 0.342 e. The van der Waals surface area contributed by atoms with Crippen molar-refractivity contribution in [1.82, 2.24) is 30.0 Å². The summed E-state index contributed by atoms with van der Waals surface area (Å²) in [7, 11) is 0. The number of halogens is 1. The van der Waals surface area contributed by atoms with Crippen molar-refractivity contribution in [3.8, 4) is 0 Å². The number of benzene rings is 1. The van der Waals surface area contributed by atoms with E-state index in [2.05, 4.69) is 15.3 Å². The summed E-state index contributed by atoms with van der Waals surface area (Å²) in [5.41, 5.74) is 3.38. The monoisotopic (exact) mass is 382 g/mol. The highest BCUT2D eigenvalue weighted by Crippen LogP contribution is 2.30. The molecule has 3 heterocycles. The second-order valence-corrected chi connectivity index (χ2v) is 7.09. The minimum absolute atomic E-state index is 0.0962. The minimum Gasteiger partial charge on any atom is -0.342 e. The van der Waals surface area contributed by atoms with Gasteiger partial charge in [-0.15, -0.1) is 0 Å². The highest BCUT2D eigenvalue weighted by Gasteiger charge is 2.30. The van der Waals surface area contributed by atoms with Gasteiger partial charge in [0.1, 0.15) is 11.3 Å². The minimum atomic E-state index is -0.228. The molecule has 1 amide bonds. The second kappa shape index (κ2) is 8.02. The molecule has 1 fully saturated rings. The molecule has 1 aromatic carbocycles. The number of likely N-dealkylation sites (tertiary alicyclic amines) is 1. The van der Waals surface area contributed by atoms with Gasteiger partial charge in [0.25, 0.3) is 0 Å². The number of aromatic nitrogens is 4. The predicted molar refractivity (Wildman–Crippen MR) is 103 cm³/mol. The van der Waals surface area contributed by atoms with E-state index in [9.17, 15) is 9.18 Å². The Bertz CT molecular complexity index is 988. The standard InChI is InChI=1S/C20H23FN6O/c1-14(28)26-9-5-16(13-26)18-19-20(24-7-6-23-19)27(25-18)10-8-22-12-15-3-2-4-17(21)11-15/h2-4,6-7,11,16,22H,5,8-10,12-13H2,1H3. The maximum Gasteiger partial charge on any atom is 0.219 e. The maximum atomic E-state index is 13.3. The predicted octanol–water partition coefficient (Wildman–Crippen LogP) is 2.09. The third-order valence-corrected chi connectivity index (χ3v) is 5.13. The summed E-state index contributed by atoms with van der Waals surface area (Å²) in [5, 5.41) is 8.09.